The van der Waals surface area contributed by atoms with Crippen LogP contribution in [-0.4, -0.2) is 17.9 Å². The lowest BCUT2D eigenvalue weighted by Crippen LogP contribution is -2.42. The van der Waals surface area contributed by atoms with Crippen molar-refractivity contribution in [2.75, 3.05) is 0 Å². The lowest BCUT2D eigenvalue weighted by Gasteiger charge is -2.09. The van der Waals surface area contributed by atoms with Crippen molar-refractivity contribution in [3.8, 4) is 0 Å². The number of primary amides is 1. The molecule has 1 rings (SSSR count). The number of nitrogens with two attached hydrogens (primary N) is 2. The average Bonchev–Trinajstić information content (AvgIpc) is 2.65. The van der Waals surface area contributed by atoms with Gasteiger partial charge in [-0.05, 0) is 22.4 Å². The van der Waals surface area contributed by atoms with Crippen LogP contribution in [0.2, 0.25) is 0 Å². The third-order valence-electron chi connectivity index (χ3n) is 1.80. The van der Waals surface area contributed by atoms with E-state index in [0.717, 1.165) is 5.56 Å². The molecule has 0 saturated heterocycles. The van der Waals surface area contributed by atoms with E-state index < -0.39 is 11.9 Å². The molecule has 0 aliphatic heterocycles. The third kappa shape index (κ3) is 4.09. The van der Waals surface area contributed by atoms with Gasteiger partial charge in [0.2, 0.25) is 11.8 Å². The normalized spacial score (nSPS) is 12.1. The highest BCUT2D eigenvalue weighted by molar-refractivity contribution is 7.07. The van der Waals surface area contributed by atoms with E-state index >= 15 is 0 Å². The van der Waals surface area contributed by atoms with E-state index in [1.807, 2.05) is 16.8 Å². The largest absolute Gasteiger partial charge is 0.370 e. The van der Waals surface area contributed by atoms with Gasteiger partial charge in [0.15, 0.2) is 0 Å². The van der Waals surface area contributed by atoms with Crippen molar-refractivity contribution in [1.82, 2.24) is 5.32 Å². The number of nitrogens with one attached hydrogen (secondary N) is 1. The molecule has 0 saturated carbocycles. The van der Waals surface area contributed by atoms with Crippen molar-refractivity contribution in [1.29, 1.82) is 0 Å². The van der Waals surface area contributed by atoms with E-state index in [1.165, 1.54) is 0 Å². The Labute approximate surface area is 91.4 Å². The van der Waals surface area contributed by atoms with Crippen LogP contribution in [-0.2, 0) is 16.1 Å². The standard InChI is InChI=1S/C9H13N3O2S/c10-7(3-8(11)13)9(14)12-4-6-1-2-15-5-6/h1-2,5,7H,3-4,10H2,(H2,11,13)(H,12,14). The first-order valence-electron chi connectivity index (χ1n) is 4.42. The van der Waals surface area contributed by atoms with Gasteiger partial charge < -0.3 is 16.8 Å². The molecule has 1 aromatic heterocycles. The molecule has 82 valence electrons. The molecule has 0 bridgehead atoms. The maximum Gasteiger partial charge on any atom is 0.237 e. The number of hydrogen-bond acceptors (Lipinski definition) is 4. The molecular weight excluding hydrogens is 214 g/mol. The predicted octanol–water partition coefficient (Wildman–Crippen LogP) is -0.433. The van der Waals surface area contributed by atoms with E-state index in [1.54, 1.807) is 11.3 Å². The number of thiophene rings is 1. The smallest absolute Gasteiger partial charge is 0.237 e. The Morgan fingerprint density at radius 1 is 1.53 bits per heavy atom. The molecule has 5 nitrogen and oxygen atoms in total. The Hall–Kier alpha value is -1.40. The molecule has 6 heteroatoms. The quantitative estimate of drug-likeness (QED) is 0.636. The number of carbonyl (C=O) groups excluding carboxylic acids is 2. The van der Waals surface area contributed by atoms with Crippen LogP contribution in [0.15, 0.2) is 16.8 Å². The van der Waals surface area contributed by atoms with Gasteiger partial charge >= 0.3 is 0 Å². The van der Waals surface area contributed by atoms with Crippen LogP contribution in [0.5, 0.6) is 0 Å². The molecule has 1 atom stereocenters. The van der Waals surface area contributed by atoms with Crippen molar-refractivity contribution in [3.05, 3.63) is 22.4 Å². The van der Waals surface area contributed by atoms with Crippen LogP contribution in [0.25, 0.3) is 0 Å². The van der Waals surface area contributed by atoms with Crippen molar-refractivity contribution in [2.24, 2.45) is 11.5 Å². The molecule has 1 unspecified atom stereocenters. The van der Waals surface area contributed by atoms with Crippen LogP contribution >= 0.6 is 11.3 Å². The second-order valence-electron chi connectivity index (χ2n) is 3.13. The van der Waals surface area contributed by atoms with E-state index in [4.69, 9.17) is 11.5 Å². The number of carbonyl (C=O) groups is 2. The van der Waals surface area contributed by atoms with Crippen LogP contribution in [0, 0.1) is 0 Å². The molecule has 1 heterocycles. The first-order chi connectivity index (χ1) is 7.09. The summed E-state index contributed by atoms with van der Waals surface area (Å²) < 4.78 is 0. The Morgan fingerprint density at radius 2 is 2.27 bits per heavy atom. The van der Waals surface area contributed by atoms with Gasteiger partial charge in [-0.2, -0.15) is 11.3 Å². The highest BCUT2D eigenvalue weighted by Gasteiger charge is 2.15. The molecule has 2 amide bonds. The zero-order valence-corrected chi connectivity index (χ0v) is 8.92. The maximum absolute atomic E-state index is 11.3. The van der Waals surface area contributed by atoms with Gasteiger partial charge in [0, 0.05) is 6.54 Å². The summed E-state index contributed by atoms with van der Waals surface area (Å²) in [6, 6.07) is 1.05. The summed E-state index contributed by atoms with van der Waals surface area (Å²) in [6.45, 7) is 0.425. The van der Waals surface area contributed by atoms with Crippen LogP contribution < -0.4 is 16.8 Å². The third-order valence-corrected chi connectivity index (χ3v) is 2.54. The lowest BCUT2D eigenvalue weighted by molar-refractivity contribution is -0.126. The zero-order chi connectivity index (χ0) is 11.3. The maximum atomic E-state index is 11.3. The second kappa shape index (κ2) is 5.47. The second-order valence-corrected chi connectivity index (χ2v) is 3.91. The van der Waals surface area contributed by atoms with E-state index in [9.17, 15) is 9.59 Å². The zero-order valence-electron chi connectivity index (χ0n) is 8.10. The summed E-state index contributed by atoms with van der Waals surface area (Å²) >= 11 is 1.55. The van der Waals surface area contributed by atoms with Crippen molar-refractivity contribution < 1.29 is 9.59 Å². The number of hydrogen-bond donors (Lipinski definition) is 3. The molecule has 5 N–H and O–H groups in total. The predicted molar refractivity (Wildman–Crippen MR) is 58.0 cm³/mol. The van der Waals surface area contributed by atoms with Gasteiger partial charge in [0.25, 0.3) is 0 Å². The van der Waals surface area contributed by atoms with E-state index in [0.29, 0.717) is 6.54 Å². The monoisotopic (exact) mass is 227 g/mol. The summed E-state index contributed by atoms with van der Waals surface area (Å²) in [7, 11) is 0. The topological polar surface area (TPSA) is 98.2 Å². The molecular formula is C9H13N3O2S. The van der Waals surface area contributed by atoms with E-state index in [2.05, 4.69) is 5.32 Å². The fraction of sp³-hybridized carbons (Fsp3) is 0.333. The highest BCUT2D eigenvalue weighted by atomic mass is 32.1. The lowest BCUT2D eigenvalue weighted by atomic mass is 10.2. The summed E-state index contributed by atoms with van der Waals surface area (Å²) in [5, 5.41) is 6.48. The van der Waals surface area contributed by atoms with Crippen LogP contribution in [0.1, 0.15) is 12.0 Å². The molecule has 0 aliphatic rings. The number of rotatable bonds is 5. The van der Waals surface area contributed by atoms with Crippen LogP contribution in [0.3, 0.4) is 0 Å². The molecule has 0 spiro atoms. The van der Waals surface area contributed by atoms with Gasteiger partial charge in [-0.1, -0.05) is 0 Å². The Bertz CT molecular complexity index is 337. The molecule has 15 heavy (non-hydrogen) atoms. The molecule has 0 aromatic carbocycles. The minimum absolute atomic E-state index is 0.129. The molecule has 1 aromatic rings. The molecule has 0 radical (unpaired) electrons. The van der Waals surface area contributed by atoms with Crippen LogP contribution in [0.4, 0.5) is 0 Å². The number of amides is 2. The first-order valence-corrected chi connectivity index (χ1v) is 5.36. The summed E-state index contributed by atoms with van der Waals surface area (Å²) in [5.41, 5.74) is 11.4. The molecule has 0 aliphatic carbocycles. The fourth-order valence-corrected chi connectivity index (χ4v) is 1.69. The van der Waals surface area contributed by atoms with Gasteiger partial charge in [-0.3, -0.25) is 9.59 Å². The van der Waals surface area contributed by atoms with Gasteiger partial charge in [-0.25, -0.2) is 0 Å². The summed E-state index contributed by atoms with van der Waals surface area (Å²) in [5.74, 6) is -0.937. The van der Waals surface area contributed by atoms with Crippen molar-refractivity contribution in [3.63, 3.8) is 0 Å². The average molecular weight is 227 g/mol. The fourth-order valence-electron chi connectivity index (χ4n) is 1.02. The van der Waals surface area contributed by atoms with Gasteiger partial charge in [0.05, 0.1) is 12.5 Å². The van der Waals surface area contributed by atoms with Crippen molar-refractivity contribution in [2.45, 2.75) is 19.0 Å². The highest BCUT2D eigenvalue weighted by Crippen LogP contribution is 2.04. The Morgan fingerprint density at radius 3 is 2.80 bits per heavy atom. The Kier molecular flexibility index (Phi) is 4.26. The minimum atomic E-state index is -0.860. The summed E-state index contributed by atoms with van der Waals surface area (Å²) in [4.78, 5) is 21.8. The van der Waals surface area contributed by atoms with E-state index in [-0.39, 0.29) is 12.3 Å². The first kappa shape index (κ1) is 11.7. The van der Waals surface area contributed by atoms with Gasteiger partial charge in [-0.15, -0.1) is 0 Å². The molecule has 0 fully saturated rings. The van der Waals surface area contributed by atoms with Gasteiger partial charge in [0.1, 0.15) is 0 Å². The minimum Gasteiger partial charge on any atom is -0.370 e. The summed E-state index contributed by atoms with van der Waals surface area (Å²) in [6.07, 6.45) is -0.129. The van der Waals surface area contributed by atoms with Crippen molar-refractivity contribution >= 4 is 23.2 Å². The Balaban J connectivity index is 2.32. The SMILES string of the molecule is NC(=O)CC(N)C(=O)NCc1ccsc1.